The molecule has 12 heteroatoms. The largest absolute Gasteiger partial charge is 0.255 e. The topological polar surface area (TPSA) is 126 Å². The molecule has 0 bridgehead atoms. The Morgan fingerprint density at radius 1 is 0.971 bits per heavy atom. The molecule has 2 unspecified atom stereocenters. The third kappa shape index (κ3) is 4.71. The monoisotopic (exact) mass is 495 g/mol. The quantitative estimate of drug-likeness (QED) is 0.413. The van der Waals surface area contributed by atoms with Crippen molar-refractivity contribution < 1.29 is 17.2 Å². The van der Waals surface area contributed by atoms with Crippen molar-refractivity contribution in [2.75, 3.05) is 4.72 Å². The number of halogens is 2. The molecule has 1 N–H and O–H groups in total. The average Bonchev–Trinajstić information content (AvgIpc) is 3.26. The third-order valence-electron chi connectivity index (χ3n) is 5.49. The fraction of sp³-hybridized carbons (Fsp3) is 0.174. The number of aromatic nitrogens is 5. The molecule has 2 aromatic carbocycles. The highest BCUT2D eigenvalue weighted by molar-refractivity contribution is 7.93. The van der Waals surface area contributed by atoms with Crippen molar-refractivity contribution in [1.29, 1.82) is 5.26 Å². The average molecular weight is 496 g/mol. The first kappa shape index (κ1) is 23.9. The third-order valence-corrected chi connectivity index (χ3v) is 7.35. The van der Waals surface area contributed by atoms with E-state index in [-0.39, 0.29) is 23.2 Å². The van der Waals surface area contributed by atoms with Gasteiger partial charge in [-0.25, -0.2) is 27.2 Å². The summed E-state index contributed by atoms with van der Waals surface area (Å²) in [6.45, 7) is 3.05. The van der Waals surface area contributed by atoms with E-state index in [1.807, 2.05) is 6.07 Å². The Labute approximate surface area is 200 Å². The van der Waals surface area contributed by atoms with Crippen LogP contribution >= 0.6 is 0 Å². The molecule has 2 atom stereocenters. The Morgan fingerprint density at radius 3 is 2.20 bits per heavy atom. The standard InChI is InChI=1S/C23H19F2N7O2S/c1-14(21-27-12-16(11-26)13-28-21)15(2)35(33,34)31-23-30-29-22(17-7-4-3-5-8-17)32(23)20-18(24)9-6-10-19(20)25/h3-10,12-15H,1-2H3,(H,30,31). The second-order valence-corrected chi connectivity index (χ2v) is 9.74. The maximum Gasteiger partial charge on any atom is 0.243 e. The summed E-state index contributed by atoms with van der Waals surface area (Å²) in [6, 6.07) is 13.7. The highest BCUT2D eigenvalue weighted by Gasteiger charge is 2.32. The summed E-state index contributed by atoms with van der Waals surface area (Å²) < 4.78 is 59.3. The summed E-state index contributed by atoms with van der Waals surface area (Å²) in [4.78, 5) is 8.13. The Kier molecular flexibility index (Phi) is 6.52. The molecule has 0 amide bonds. The van der Waals surface area contributed by atoms with Gasteiger partial charge in [0.15, 0.2) is 5.82 Å². The highest BCUT2D eigenvalue weighted by Crippen LogP contribution is 2.30. The van der Waals surface area contributed by atoms with Crippen LogP contribution in [0.25, 0.3) is 17.1 Å². The van der Waals surface area contributed by atoms with Crippen LogP contribution in [0.5, 0.6) is 0 Å². The number of anilines is 1. The van der Waals surface area contributed by atoms with Crippen molar-refractivity contribution in [2.45, 2.75) is 25.0 Å². The number of rotatable bonds is 7. The number of nitrogens with zero attached hydrogens (tertiary/aromatic N) is 6. The van der Waals surface area contributed by atoms with Gasteiger partial charge in [-0.3, -0.25) is 9.29 Å². The molecule has 4 aromatic rings. The van der Waals surface area contributed by atoms with Gasteiger partial charge in [-0.15, -0.1) is 10.2 Å². The molecule has 0 aliphatic carbocycles. The number of sulfonamides is 1. The van der Waals surface area contributed by atoms with Crippen LogP contribution < -0.4 is 4.72 Å². The number of nitrogens with one attached hydrogen (secondary N) is 1. The number of benzene rings is 2. The van der Waals surface area contributed by atoms with E-state index in [2.05, 4.69) is 24.9 Å². The van der Waals surface area contributed by atoms with Gasteiger partial charge in [0, 0.05) is 23.9 Å². The molecule has 4 rings (SSSR count). The molecular formula is C23H19F2N7O2S. The van der Waals surface area contributed by atoms with E-state index in [1.165, 1.54) is 25.4 Å². The number of hydrogen-bond donors (Lipinski definition) is 1. The van der Waals surface area contributed by atoms with Crippen molar-refractivity contribution >= 4 is 16.0 Å². The fourth-order valence-corrected chi connectivity index (χ4v) is 4.60. The zero-order valence-corrected chi connectivity index (χ0v) is 19.4. The summed E-state index contributed by atoms with van der Waals surface area (Å²) in [6.07, 6.45) is 2.60. The van der Waals surface area contributed by atoms with Gasteiger partial charge in [-0.1, -0.05) is 43.3 Å². The molecule has 0 fully saturated rings. The second-order valence-electron chi connectivity index (χ2n) is 7.70. The summed E-state index contributed by atoms with van der Waals surface area (Å²) >= 11 is 0. The van der Waals surface area contributed by atoms with Crippen LogP contribution in [0.15, 0.2) is 60.9 Å². The van der Waals surface area contributed by atoms with Crippen LogP contribution in [0.3, 0.4) is 0 Å². The zero-order valence-electron chi connectivity index (χ0n) is 18.6. The smallest absolute Gasteiger partial charge is 0.243 e. The van der Waals surface area contributed by atoms with E-state index in [1.54, 1.807) is 37.3 Å². The number of nitriles is 1. The number of hydrogen-bond acceptors (Lipinski definition) is 7. The maximum atomic E-state index is 14.8. The van der Waals surface area contributed by atoms with Crippen molar-refractivity contribution in [3.8, 4) is 23.1 Å². The molecule has 35 heavy (non-hydrogen) atoms. The normalized spacial score (nSPS) is 13.1. The predicted octanol–water partition coefficient (Wildman–Crippen LogP) is 3.81. The van der Waals surface area contributed by atoms with Crippen molar-refractivity contribution in [3.63, 3.8) is 0 Å². The molecule has 178 valence electrons. The van der Waals surface area contributed by atoms with Gasteiger partial charge < -0.3 is 0 Å². The van der Waals surface area contributed by atoms with E-state index in [4.69, 9.17) is 5.26 Å². The van der Waals surface area contributed by atoms with E-state index >= 15 is 0 Å². The Bertz CT molecular complexity index is 1480. The lowest BCUT2D eigenvalue weighted by molar-refractivity contribution is 0.564. The lowest BCUT2D eigenvalue weighted by Gasteiger charge is -2.20. The molecule has 0 aliphatic heterocycles. The Morgan fingerprint density at radius 2 is 1.60 bits per heavy atom. The first-order valence-electron chi connectivity index (χ1n) is 10.4. The number of para-hydroxylation sites is 1. The first-order chi connectivity index (χ1) is 16.7. The summed E-state index contributed by atoms with van der Waals surface area (Å²) in [7, 11) is -4.16. The minimum absolute atomic E-state index is 0.0448. The SMILES string of the molecule is CC(c1ncc(C#N)cn1)C(C)S(=O)(=O)Nc1nnc(-c2ccccc2)n1-c1c(F)cccc1F. The van der Waals surface area contributed by atoms with Gasteiger partial charge in [0.05, 0.1) is 10.8 Å². The van der Waals surface area contributed by atoms with Crippen molar-refractivity contribution in [3.05, 3.63) is 83.9 Å². The minimum Gasteiger partial charge on any atom is -0.255 e. The van der Waals surface area contributed by atoms with Gasteiger partial charge in [-0.2, -0.15) is 5.26 Å². The van der Waals surface area contributed by atoms with Crippen molar-refractivity contribution in [2.24, 2.45) is 0 Å². The van der Waals surface area contributed by atoms with Crippen LogP contribution in [0.2, 0.25) is 0 Å². The van der Waals surface area contributed by atoms with E-state index < -0.39 is 38.5 Å². The van der Waals surface area contributed by atoms with Gasteiger partial charge in [0.25, 0.3) is 0 Å². The van der Waals surface area contributed by atoms with Gasteiger partial charge in [0.2, 0.25) is 16.0 Å². The Balaban J connectivity index is 1.76. The minimum atomic E-state index is -4.16. The predicted molar refractivity (Wildman–Crippen MR) is 124 cm³/mol. The molecule has 2 aromatic heterocycles. The highest BCUT2D eigenvalue weighted by atomic mass is 32.2. The molecule has 0 radical (unpaired) electrons. The van der Waals surface area contributed by atoms with E-state index in [0.29, 0.717) is 5.56 Å². The molecule has 0 spiro atoms. The van der Waals surface area contributed by atoms with Gasteiger partial charge in [-0.05, 0) is 19.1 Å². The summed E-state index contributed by atoms with van der Waals surface area (Å²) in [5.74, 6) is -2.65. The van der Waals surface area contributed by atoms with Gasteiger partial charge >= 0.3 is 0 Å². The van der Waals surface area contributed by atoms with Gasteiger partial charge in [0.1, 0.15) is 29.2 Å². The zero-order chi connectivity index (χ0) is 25.2. The Hall–Kier alpha value is -4.24. The van der Waals surface area contributed by atoms with Crippen LogP contribution in [-0.2, 0) is 10.0 Å². The first-order valence-corrected chi connectivity index (χ1v) is 12.0. The second kappa shape index (κ2) is 9.55. The van der Waals surface area contributed by atoms with Crippen molar-refractivity contribution in [1.82, 2.24) is 24.7 Å². The van der Waals surface area contributed by atoms with Crippen LogP contribution in [0.1, 0.15) is 31.2 Å². The fourth-order valence-electron chi connectivity index (χ4n) is 3.37. The lowest BCUT2D eigenvalue weighted by atomic mass is 10.1. The summed E-state index contributed by atoms with van der Waals surface area (Å²) in [5, 5.41) is 15.7. The lowest BCUT2D eigenvalue weighted by Crippen LogP contribution is -2.31. The van der Waals surface area contributed by atoms with Crippen LogP contribution in [0, 0.1) is 23.0 Å². The molecule has 0 aliphatic rings. The van der Waals surface area contributed by atoms with E-state index in [9.17, 15) is 17.2 Å². The van der Waals surface area contributed by atoms with Crippen LogP contribution in [0.4, 0.5) is 14.7 Å². The molecule has 0 saturated carbocycles. The molecule has 0 saturated heterocycles. The maximum absolute atomic E-state index is 14.8. The summed E-state index contributed by atoms with van der Waals surface area (Å²) in [5.41, 5.74) is 0.189. The van der Waals surface area contributed by atoms with Crippen LogP contribution in [-0.4, -0.2) is 38.4 Å². The van der Waals surface area contributed by atoms with E-state index in [0.717, 1.165) is 16.7 Å². The molecular weight excluding hydrogens is 476 g/mol. The molecule has 9 nitrogen and oxygen atoms in total. The molecule has 2 heterocycles.